The van der Waals surface area contributed by atoms with Gasteiger partial charge in [0.1, 0.15) is 0 Å². The Hall–Kier alpha value is -1.56. The summed E-state index contributed by atoms with van der Waals surface area (Å²) in [5.41, 5.74) is 7.45. The first-order valence-electron chi connectivity index (χ1n) is 6.41. The monoisotopic (exact) mass is 251 g/mol. The number of carbonyl (C=O) groups is 1. The van der Waals surface area contributed by atoms with Crippen molar-refractivity contribution in [3.63, 3.8) is 0 Å². The average Bonchev–Trinajstić information content (AvgIpc) is 2.38. The van der Waals surface area contributed by atoms with Crippen LogP contribution in [0, 0.1) is 0 Å². The second-order valence-electron chi connectivity index (χ2n) is 4.12. The molecule has 0 aliphatic rings. The lowest BCUT2D eigenvalue weighted by Gasteiger charge is -2.10. The summed E-state index contributed by atoms with van der Waals surface area (Å²) in [6.07, 6.45) is 3.06. The Morgan fingerprint density at radius 2 is 1.89 bits per heavy atom. The van der Waals surface area contributed by atoms with Crippen molar-refractivity contribution in [1.82, 2.24) is 15.2 Å². The molecule has 0 spiro atoms. The van der Waals surface area contributed by atoms with Crippen molar-refractivity contribution in [1.29, 1.82) is 0 Å². The Morgan fingerprint density at radius 3 is 2.44 bits per heavy atom. The number of rotatable bonds is 6. The number of amides is 1. The van der Waals surface area contributed by atoms with Crippen LogP contribution in [-0.2, 0) is 17.6 Å². The Bertz CT molecular complexity index is 407. The number of carbonyl (C=O) groups excluding carboxylic acids is 1. The summed E-state index contributed by atoms with van der Waals surface area (Å²) in [6, 6.07) is -0.519. The SMILES string of the molecule is CCC[C@H](N)C(=O)Nc1nnc(CC)c(CC)n1. The lowest BCUT2D eigenvalue weighted by atomic mass is 10.2. The number of aryl methyl sites for hydroxylation is 2. The van der Waals surface area contributed by atoms with Gasteiger partial charge in [0.15, 0.2) is 0 Å². The van der Waals surface area contributed by atoms with E-state index in [1.54, 1.807) is 0 Å². The number of nitrogens with zero attached hydrogens (tertiary/aromatic N) is 3. The van der Waals surface area contributed by atoms with E-state index in [1.165, 1.54) is 0 Å². The number of hydrogen-bond donors (Lipinski definition) is 2. The van der Waals surface area contributed by atoms with Gasteiger partial charge >= 0.3 is 0 Å². The van der Waals surface area contributed by atoms with Crippen molar-refractivity contribution < 1.29 is 4.79 Å². The number of anilines is 1. The van der Waals surface area contributed by atoms with Gasteiger partial charge < -0.3 is 5.73 Å². The highest BCUT2D eigenvalue weighted by Gasteiger charge is 2.14. The van der Waals surface area contributed by atoms with Crippen molar-refractivity contribution in [3.05, 3.63) is 11.4 Å². The van der Waals surface area contributed by atoms with Crippen LogP contribution in [0.25, 0.3) is 0 Å². The van der Waals surface area contributed by atoms with E-state index in [0.29, 0.717) is 6.42 Å². The molecule has 1 aromatic rings. The van der Waals surface area contributed by atoms with Gasteiger partial charge in [-0.1, -0.05) is 27.2 Å². The van der Waals surface area contributed by atoms with Crippen LogP contribution in [0.3, 0.4) is 0 Å². The molecule has 0 saturated heterocycles. The summed E-state index contributed by atoms with van der Waals surface area (Å²) in [5, 5.41) is 10.6. The van der Waals surface area contributed by atoms with E-state index in [2.05, 4.69) is 20.5 Å². The summed E-state index contributed by atoms with van der Waals surface area (Å²) in [5.74, 6) is -0.0226. The summed E-state index contributed by atoms with van der Waals surface area (Å²) >= 11 is 0. The fourth-order valence-corrected chi connectivity index (χ4v) is 1.64. The smallest absolute Gasteiger partial charge is 0.249 e. The van der Waals surface area contributed by atoms with Crippen LogP contribution < -0.4 is 11.1 Å². The summed E-state index contributed by atoms with van der Waals surface area (Å²) in [7, 11) is 0. The molecule has 0 fully saturated rings. The minimum absolute atomic E-state index is 0.237. The third-order valence-corrected chi connectivity index (χ3v) is 2.68. The maximum absolute atomic E-state index is 11.7. The first-order chi connectivity index (χ1) is 8.62. The molecule has 6 heteroatoms. The predicted molar refractivity (Wildman–Crippen MR) is 70.1 cm³/mol. The van der Waals surface area contributed by atoms with Gasteiger partial charge in [0.05, 0.1) is 17.4 Å². The Labute approximate surface area is 107 Å². The van der Waals surface area contributed by atoms with Gasteiger partial charge in [-0.15, -0.1) is 10.2 Å². The van der Waals surface area contributed by atoms with Crippen LogP contribution >= 0.6 is 0 Å². The van der Waals surface area contributed by atoms with E-state index in [9.17, 15) is 4.79 Å². The van der Waals surface area contributed by atoms with E-state index in [4.69, 9.17) is 5.73 Å². The minimum Gasteiger partial charge on any atom is -0.320 e. The lowest BCUT2D eigenvalue weighted by Crippen LogP contribution is -2.36. The fourth-order valence-electron chi connectivity index (χ4n) is 1.64. The Morgan fingerprint density at radius 1 is 1.22 bits per heavy atom. The van der Waals surface area contributed by atoms with Crippen LogP contribution in [0.5, 0.6) is 0 Å². The summed E-state index contributed by atoms with van der Waals surface area (Å²) in [6.45, 7) is 5.98. The van der Waals surface area contributed by atoms with Crippen LogP contribution in [0.2, 0.25) is 0 Å². The molecular weight excluding hydrogens is 230 g/mol. The van der Waals surface area contributed by atoms with Crippen LogP contribution in [-0.4, -0.2) is 27.1 Å². The van der Waals surface area contributed by atoms with E-state index in [-0.39, 0.29) is 11.9 Å². The molecule has 1 heterocycles. The zero-order valence-corrected chi connectivity index (χ0v) is 11.2. The quantitative estimate of drug-likeness (QED) is 0.788. The minimum atomic E-state index is -0.519. The largest absolute Gasteiger partial charge is 0.320 e. The average molecular weight is 251 g/mol. The Kier molecular flexibility index (Phi) is 5.64. The van der Waals surface area contributed by atoms with Crippen molar-refractivity contribution >= 4 is 11.9 Å². The zero-order valence-electron chi connectivity index (χ0n) is 11.2. The molecule has 0 saturated carbocycles. The second-order valence-corrected chi connectivity index (χ2v) is 4.12. The van der Waals surface area contributed by atoms with Crippen molar-refractivity contribution in [2.75, 3.05) is 5.32 Å². The highest BCUT2D eigenvalue weighted by Crippen LogP contribution is 2.07. The molecule has 1 amide bonds. The van der Waals surface area contributed by atoms with E-state index >= 15 is 0 Å². The molecule has 6 nitrogen and oxygen atoms in total. The van der Waals surface area contributed by atoms with Gasteiger partial charge in [0.25, 0.3) is 0 Å². The van der Waals surface area contributed by atoms with Crippen molar-refractivity contribution in [2.45, 2.75) is 52.5 Å². The predicted octanol–water partition coefficient (Wildman–Crippen LogP) is 1.06. The summed E-state index contributed by atoms with van der Waals surface area (Å²) in [4.78, 5) is 16.0. The molecule has 0 unspecified atom stereocenters. The maximum atomic E-state index is 11.7. The zero-order chi connectivity index (χ0) is 13.5. The van der Waals surface area contributed by atoms with Gasteiger partial charge in [-0.3, -0.25) is 10.1 Å². The molecule has 0 bridgehead atoms. The Balaban J connectivity index is 2.76. The first kappa shape index (κ1) is 14.5. The molecule has 100 valence electrons. The molecule has 0 aliphatic heterocycles. The number of nitrogens with two attached hydrogens (primary N) is 1. The number of aromatic nitrogens is 3. The first-order valence-corrected chi connectivity index (χ1v) is 6.41. The topological polar surface area (TPSA) is 93.8 Å². The van der Waals surface area contributed by atoms with E-state index in [0.717, 1.165) is 30.7 Å². The highest BCUT2D eigenvalue weighted by atomic mass is 16.2. The number of hydrogen-bond acceptors (Lipinski definition) is 5. The molecule has 0 aromatic carbocycles. The second kappa shape index (κ2) is 7.00. The lowest BCUT2D eigenvalue weighted by molar-refractivity contribution is -0.117. The standard InChI is InChI=1S/C12H21N5O/c1-4-7-8(13)11(18)15-12-14-9(5-2)10(6-3)16-17-12/h8H,4-7,13H2,1-3H3,(H,14,15,17,18)/t8-/m0/s1. The molecule has 1 rings (SSSR count). The van der Waals surface area contributed by atoms with Crippen molar-refractivity contribution in [3.8, 4) is 0 Å². The van der Waals surface area contributed by atoms with Gasteiger partial charge in [0.2, 0.25) is 11.9 Å². The molecular formula is C12H21N5O. The molecule has 3 N–H and O–H groups in total. The van der Waals surface area contributed by atoms with E-state index < -0.39 is 6.04 Å². The third kappa shape index (κ3) is 3.73. The van der Waals surface area contributed by atoms with Crippen LogP contribution in [0.15, 0.2) is 0 Å². The highest BCUT2D eigenvalue weighted by molar-refractivity contribution is 5.93. The number of nitrogens with one attached hydrogen (secondary N) is 1. The van der Waals surface area contributed by atoms with Gasteiger partial charge in [-0.25, -0.2) is 4.98 Å². The summed E-state index contributed by atoms with van der Waals surface area (Å²) < 4.78 is 0. The third-order valence-electron chi connectivity index (χ3n) is 2.68. The maximum Gasteiger partial charge on any atom is 0.249 e. The van der Waals surface area contributed by atoms with Crippen molar-refractivity contribution in [2.24, 2.45) is 5.73 Å². The van der Waals surface area contributed by atoms with Gasteiger partial charge in [0, 0.05) is 0 Å². The normalized spacial score (nSPS) is 12.2. The molecule has 0 aliphatic carbocycles. The van der Waals surface area contributed by atoms with E-state index in [1.807, 2.05) is 20.8 Å². The molecule has 1 atom stereocenters. The van der Waals surface area contributed by atoms with Crippen LogP contribution in [0.4, 0.5) is 5.95 Å². The van der Waals surface area contributed by atoms with Gasteiger partial charge in [-0.05, 0) is 19.3 Å². The fraction of sp³-hybridized carbons (Fsp3) is 0.667. The molecule has 0 radical (unpaired) electrons. The van der Waals surface area contributed by atoms with Gasteiger partial charge in [-0.2, -0.15) is 0 Å². The molecule has 18 heavy (non-hydrogen) atoms. The van der Waals surface area contributed by atoms with Crippen LogP contribution in [0.1, 0.15) is 45.0 Å². The molecule has 1 aromatic heterocycles.